The number of hydrogen-bond acceptors (Lipinski definition) is 8. The number of piperidine rings is 1. The molecule has 0 aliphatic carbocycles. The van der Waals surface area contributed by atoms with E-state index in [2.05, 4.69) is 5.32 Å². The van der Waals surface area contributed by atoms with Crippen LogP contribution in [-0.2, 0) is 10.0 Å². The Kier molecular flexibility index (Phi) is 8.59. The van der Waals surface area contributed by atoms with E-state index in [1.165, 1.54) is 29.2 Å². The Morgan fingerprint density at radius 2 is 1.68 bits per heavy atom. The molecule has 3 aromatic rings. The van der Waals surface area contributed by atoms with E-state index in [1.807, 2.05) is 4.72 Å². The van der Waals surface area contributed by atoms with Gasteiger partial charge in [0.15, 0.2) is 0 Å². The van der Waals surface area contributed by atoms with Gasteiger partial charge in [0.2, 0.25) is 0 Å². The van der Waals surface area contributed by atoms with Crippen LogP contribution in [0, 0.1) is 10.1 Å². The normalized spacial score (nSPS) is 14.9. The topological polar surface area (TPSA) is 131 Å². The maximum atomic E-state index is 13.0. The number of carbonyl (C=O) groups excluding carboxylic acids is 1. The average molecular weight is 579 g/mol. The van der Waals surface area contributed by atoms with Crippen LogP contribution in [0.25, 0.3) is 0 Å². The number of likely N-dealkylation sites (tertiary alicyclic amines) is 1. The molecule has 1 fully saturated rings. The van der Waals surface area contributed by atoms with Crippen molar-refractivity contribution in [3.63, 3.8) is 0 Å². The summed E-state index contributed by atoms with van der Waals surface area (Å²) >= 11 is 0. The van der Waals surface area contributed by atoms with Crippen LogP contribution in [0.2, 0.25) is 0 Å². The number of ether oxygens (including phenoxy) is 1. The molecule has 0 atom stereocenters. The van der Waals surface area contributed by atoms with Crippen LogP contribution in [-0.4, -0.2) is 56.0 Å². The first-order chi connectivity index (χ1) is 18.9. The molecule has 0 saturated carbocycles. The van der Waals surface area contributed by atoms with E-state index in [1.54, 1.807) is 36.4 Å². The predicted molar refractivity (Wildman–Crippen MR) is 140 cm³/mol. The van der Waals surface area contributed by atoms with E-state index in [0.717, 1.165) is 12.1 Å². The Bertz CT molecular complexity index is 1480. The molecule has 3 aromatic carbocycles. The summed E-state index contributed by atoms with van der Waals surface area (Å²) in [5.74, 6) is -0.467. The zero-order chi connectivity index (χ0) is 28.9. The van der Waals surface area contributed by atoms with Gasteiger partial charge in [-0.2, -0.15) is 13.2 Å². The summed E-state index contributed by atoms with van der Waals surface area (Å²) in [6.45, 7) is -0.723. The first-order valence-corrected chi connectivity index (χ1v) is 13.6. The molecule has 0 radical (unpaired) electrons. The van der Waals surface area contributed by atoms with Crippen LogP contribution in [0.15, 0.2) is 77.7 Å². The lowest BCUT2D eigenvalue weighted by Crippen LogP contribution is -2.43. The summed E-state index contributed by atoms with van der Waals surface area (Å²) in [5.41, 5.74) is -0.605. The lowest BCUT2D eigenvalue weighted by molar-refractivity contribution is -0.384. The van der Waals surface area contributed by atoms with E-state index >= 15 is 0 Å². The summed E-state index contributed by atoms with van der Waals surface area (Å²) in [7, 11) is -4.53. The number of amides is 1. The molecule has 0 aromatic heterocycles. The fraction of sp³-hybridized carbons (Fsp3) is 0.269. The molecule has 0 bridgehead atoms. The minimum absolute atomic E-state index is 0.0196. The van der Waals surface area contributed by atoms with E-state index in [0.29, 0.717) is 18.6 Å². The summed E-state index contributed by atoms with van der Waals surface area (Å²) in [5, 5.41) is 14.7. The average Bonchev–Trinajstić information content (AvgIpc) is 2.89. The third-order valence-corrected chi connectivity index (χ3v) is 7.48. The second-order valence-corrected chi connectivity index (χ2v) is 10.8. The van der Waals surface area contributed by atoms with Crippen molar-refractivity contribution in [3.8, 4) is 11.5 Å². The van der Waals surface area contributed by atoms with Crippen molar-refractivity contribution in [1.82, 2.24) is 9.62 Å². The van der Waals surface area contributed by atoms with Gasteiger partial charge in [-0.05, 0) is 49.2 Å². The van der Waals surface area contributed by atoms with Gasteiger partial charge in [-0.15, -0.1) is 0 Å². The van der Waals surface area contributed by atoms with Crippen molar-refractivity contribution in [3.05, 3.63) is 88.5 Å². The fourth-order valence-corrected chi connectivity index (χ4v) is 5.24. The third kappa shape index (κ3) is 7.48. The standard InChI is InChI=1S/C26H25F3N4O6S/c27-26(28,29)17-32-14-12-18(13-15-32)30-22-11-10-20(16-23(22)33(35)36)40(37,38)31-25(34)21-8-4-5-9-24(21)39-19-6-2-1-3-7-19/h1-11,16,18,30H,12-15,17H2,(H,31,34). The fourth-order valence-electron chi connectivity index (χ4n) is 4.26. The van der Waals surface area contributed by atoms with Crippen molar-refractivity contribution < 1.29 is 36.0 Å². The summed E-state index contributed by atoms with van der Waals surface area (Å²) < 4.78 is 71.5. The van der Waals surface area contributed by atoms with Crippen LogP contribution >= 0.6 is 0 Å². The molecule has 14 heteroatoms. The van der Waals surface area contributed by atoms with Gasteiger partial charge >= 0.3 is 6.18 Å². The van der Waals surface area contributed by atoms with Gasteiger partial charge in [-0.1, -0.05) is 30.3 Å². The van der Waals surface area contributed by atoms with Gasteiger partial charge in [-0.3, -0.25) is 19.8 Å². The molecule has 1 heterocycles. The number of para-hydroxylation sites is 2. The number of nitrogens with zero attached hydrogens (tertiary/aromatic N) is 2. The maximum Gasteiger partial charge on any atom is 0.401 e. The van der Waals surface area contributed by atoms with Crippen molar-refractivity contribution >= 4 is 27.3 Å². The largest absolute Gasteiger partial charge is 0.457 e. The Morgan fingerprint density at radius 1 is 1.02 bits per heavy atom. The molecule has 2 N–H and O–H groups in total. The van der Waals surface area contributed by atoms with Crippen LogP contribution < -0.4 is 14.8 Å². The van der Waals surface area contributed by atoms with Gasteiger partial charge in [-0.25, -0.2) is 13.1 Å². The van der Waals surface area contributed by atoms with Gasteiger partial charge in [0.25, 0.3) is 21.6 Å². The number of carbonyl (C=O) groups is 1. The molecule has 1 amide bonds. The monoisotopic (exact) mass is 578 g/mol. The summed E-state index contributed by atoms with van der Waals surface area (Å²) in [6, 6.07) is 17.3. The van der Waals surface area contributed by atoms with Crippen molar-refractivity contribution in [2.45, 2.75) is 30.0 Å². The van der Waals surface area contributed by atoms with Crippen molar-refractivity contribution in [2.75, 3.05) is 25.0 Å². The van der Waals surface area contributed by atoms with E-state index in [9.17, 15) is 36.5 Å². The molecule has 0 unspecified atom stereocenters. The Balaban J connectivity index is 1.48. The van der Waals surface area contributed by atoms with Crippen LogP contribution in [0.3, 0.4) is 0 Å². The van der Waals surface area contributed by atoms with Crippen LogP contribution in [0.4, 0.5) is 24.5 Å². The molecule has 0 spiro atoms. The van der Waals surface area contributed by atoms with Crippen molar-refractivity contribution in [1.29, 1.82) is 0 Å². The first-order valence-electron chi connectivity index (χ1n) is 12.1. The number of rotatable bonds is 9. The number of hydrogen-bond donors (Lipinski definition) is 2. The number of alkyl halides is 3. The molecule has 1 aliphatic heterocycles. The molecular weight excluding hydrogens is 553 g/mol. The lowest BCUT2D eigenvalue weighted by atomic mass is 10.0. The number of benzene rings is 3. The Labute approximate surface area is 228 Å². The molecule has 40 heavy (non-hydrogen) atoms. The molecule has 1 saturated heterocycles. The van der Waals surface area contributed by atoms with Crippen molar-refractivity contribution in [2.24, 2.45) is 0 Å². The smallest absolute Gasteiger partial charge is 0.401 e. The van der Waals surface area contributed by atoms with Gasteiger partial charge in [0.1, 0.15) is 17.2 Å². The zero-order valence-corrected chi connectivity index (χ0v) is 21.7. The Hall–Kier alpha value is -4.17. The second kappa shape index (κ2) is 11.9. The SMILES string of the molecule is O=C(NS(=O)(=O)c1ccc(NC2CCN(CC(F)(F)F)CC2)c([N+](=O)[O-])c1)c1ccccc1Oc1ccccc1. The quantitative estimate of drug-likeness (QED) is 0.270. The highest BCUT2D eigenvalue weighted by molar-refractivity contribution is 7.90. The van der Waals surface area contributed by atoms with Gasteiger partial charge < -0.3 is 10.1 Å². The minimum Gasteiger partial charge on any atom is -0.457 e. The van der Waals surface area contributed by atoms with E-state index in [4.69, 9.17) is 4.74 Å². The number of halogens is 3. The van der Waals surface area contributed by atoms with Crippen LogP contribution in [0.5, 0.6) is 11.5 Å². The highest BCUT2D eigenvalue weighted by Crippen LogP contribution is 2.31. The molecule has 212 valence electrons. The first kappa shape index (κ1) is 28.8. The molecular formula is C26H25F3N4O6S. The highest BCUT2D eigenvalue weighted by Gasteiger charge is 2.33. The van der Waals surface area contributed by atoms with E-state index in [-0.39, 0.29) is 36.1 Å². The number of nitro groups is 1. The zero-order valence-electron chi connectivity index (χ0n) is 20.9. The number of sulfonamides is 1. The third-order valence-electron chi connectivity index (χ3n) is 6.16. The molecule has 1 aliphatic rings. The second-order valence-electron chi connectivity index (χ2n) is 9.09. The molecule has 10 nitrogen and oxygen atoms in total. The van der Waals surface area contributed by atoms with E-state index < -0.39 is 44.2 Å². The number of nitro benzene ring substituents is 1. The van der Waals surface area contributed by atoms with Gasteiger partial charge in [0, 0.05) is 25.2 Å². The highest BCUT2D eigenvalue weighted by atomic mass is 32.2. The molecule has 4 rings (SSSR count). The van der Waals surface area contributed by atoms with Gasteiger partial charge in [0.05, 0.1) is 21.9 Å². The lowest BCUT2D eigenvalue weighted by Gasteiger charge is -2.33. The minimum atomic E-state index is -4.53. The maximum absolute atomic E-state index is 13.0. The predicted octanol–water partition coefficient (Wildman–Crippen LogP) is 4.94. The number of anilines is 1. The summed E-state index contributed by atoms with van der Waals surface area (Å²) in [6.07, 6.45) is -3.69. The number of nitrogens with one attached hydrogen (secondary N) is 2. The Morgan fingerprint density at radius 3 is 2.33 bits per heavy atom. The van der Waals surface area contributed by atoms with Crippen LogP contribution in [0.1, 0.15) is 23.2 Å². The summed E-state index contributed by atoms with van der Waals surface area (Å²) in [4.78, 5) is 24.6.